The van der Waals surface area contributed by atoms with Crippen molar-refractivity contribution in [2.75, 3.05) is 26.7 Å². The quantitative estimate of drug-likeness (QED) is 0.488. The van der Waals surface area contributed by atoms with Crippen LogP contribution >= 0.6 is 0 Å². The second kappa shape index (κ2) is 4.64. The lowest BCUT2D eigenvalue weighted by molar-refractivity contribution is 0.0980. The first-order valence-electron chi connectivity index (χ1n) is 5.33. The highest BCUT2D eigenvalue weighted by atomic mass is 15.3. The van der Waals surface area contributed by atoms with Gasteiger partial charge in [-0.25, -0.2) is 0 Å². The van der Waals surface area contributed by atoms with E-state index in [1.165, 1.54) is 0 Å². The molecule has 0 radical (unpaired) electrons. The van der Waals surface area contributed by atoms with Crippen LogP contribution < -0.4 is 5.73 Å². The van der Waals surface area contributed by atoms with Crippen molar-refractivity contribution in [1.82, 2.24) is 9.80 Å². The van der Waals surface area contributed by atoms with Crippen LogP contribution in [0.5, 0.6) is 0 Å². The standard InChI is InChI=1S/C10H22N4/c1-5-12-10(11)14-6-8(2)13(4)9(3)7-14/h8-9H,5-7H2,1-4H3,(H2,11,12). The third kappa shape index (κ3) is 2.38. The minimum absolute atomic E-state index is 0.546. The van der Waals surface area contributed by atoms with Crippen LogP contribution in [0.25, 0.3) is 0 Å². The van der Waals surface area contributed by atoms with Crippen LogP contribution in [-0.4, -0.2) is 54.5 Å². The third-order valence-electron chi connectivity index (χ3n) is 3.00. The Morgan fingerprint density at radius 3 is 2.29 bits per heavy atom. The molecule has 2 unspecified atom stereocenters. The van der Waals surface area contributed by atoms with Gasteiger partial charge in [-0.3, -0.25) is 9.89 Å². The van der Waals surface area contributed by atoms with Crippen molar-refractivity contribution < 1.29 is 0 Å². The summed E-state index contributed by atoms with van der Waals surface area (Å²) < 4.78 is 0. The van der Waals surface area contributed by atoms with Gasteiger partial charge >= 0.3 is 0 Å². The van der Waals surface area contributed by atoms with Crippen LogP contribution in [0.4, 0.5) is 0 Å². The van der Waals surface area contributed by atoms with Crippen molar-refractivity contribution in [3.63, 3.8) is 0 Å². The topological polar surface area (TPSA) is 44.9 Å². The minimum atomic E-state index is 0.546. The van der Waals surface area contributed by atoms with Gasteiger partial charge in [0, 0.05) is 31.7 Å². The first-order valence-corrected chi connectivity index (χ1v) is 5.33. The lowest BCUT2D eigenvalue weighted by Crippen LogP contribution is -2.58. The summed E-state index contributed by atoms with van der Waals surface area (Å²) in [7, 11) is 2.17. The average Bonchev–Trinajstić information content (AvgIpc) is 2.13. The molecule has 0 saturated carbocycles. The molecule has 0 bridgehead atoms. The Kier molecular flexibility index (Phi) is 3.75. The Bertz CT molecular complexity index is 202. The number of nitrogens with zero attached hydrogens (tertiary/aromatic N) is 3. The Morgan fingerprint density at radius 1 is 1.36 bits per heavy atom. The second-order valence-electron chi connectivity index (χ2n) is 4.10. The van der Waals surface area contributed by atoms with Crippen molar-refractivity contribution in [3.05, 3.63) is 0 Å². The van der Waals surface area contributed by atoms with Gasteiger partial charge in [-0.05, 0) is 27.8 Å². The van der Waals surface area contributed by atoms with Gasteiger partial charge in [0.25, 0.3) is 0 Å². The van der Waals surface area contributed by atoms with Crippen LogP contribution in [0, 0.1) is 0 Å². The summed E-state index contributed by atoms with van der Waals surface area (Å²) in [4.78, 5) is 8.81. The molecular formula is C10H22N4. The van der Waals surface area contributed by atoms with Gasteiger partial charge in [-0.1, -0.05) is 0 Å². The molecule has 1 saturated heterocycles. The van der Waals surface area contributed by atoms with E-state index in [1.54, 1.807) is 0 Å². The molecule has 2 atom stereocenters. The summed E-state index contributed by atoms with van der Waals surface area (Å²) in [5, 5.41) is 0. The summed E-state index contributed by atoms with van der Waals surface area (Å²) in [6.45, 7) is 9.19. The molecule has 0 aromatic heterocycles. The van der Waals surface area contributed by atoms with Gasteiger partial charge in [0.15, 0.2) is 5.96 Å². The molecule has 0 aromatic rings. The molecule has 0 aliphatic carbocycles. The van der Waals surface area contributed by atoms with Gasteiger partial charge in [0.1, 0.15) is 0 Å². The molecule has 4 heteroatoms. The number of aliphatic imine (C=N–C) groups is 1. The fourth-order valence-electron chi connectivity index (χ4n) is 1.85. The molecule has 1 heterocycles. The summed E-state index contributed by atoms with van der Waals surface area (Å²) >= 11 is 0. The van der Waals surface area contributed by atoms with Gasteiger partial charge < -0.3 is 10.6 Å². The maximum atomic E-state index is 5.89. The summed E-state index contributed by atoms with van der Waals surface area (Å²) in [5.41, 5.74) is 5.89. The predicted molar refractivity (Wildman–Crippen MR) is 60.4 cm³/mol. The molecule has 4 nitrogen and oxygen atoms in total. The molecule has 82 valence electrons. The molecule has 1 rings (SSSR count). The fourth-order valence-corrected chi connectivity index (χ4v) is 1.85. The van der Waals surface area contributed by atoms with Crippen LogP contribution in [-0.2, 0) is 0 Å². The molecule has 0 amide bonds. The first kappa shape index (κ1) is 11.3. The molecule has 14 heavy (non-hydrogen) atoms. The monoisotopic (exact) mass is 198 g/mol. The van der Waals surface area contributed by atoms with E-state index in [1.807, 2.05) is 6.92 Å². The van der Waals surface area contributed by atoms with E-state index in [2.05, 4.69) is 35.7 Å². The lowest BCUT2D eigenvalue weighted by atomic mass is 10.1. The van der Waals surface area contributed by atoms with Gasteiger partial charge in [0.05, 0.1) is 0 Å². The van der Waals surface area contributed by atoms with Gasteiger partial charge in [0.2, 0.25) is 0 Å². The summed E-state index contributed by atoms with van der Waals surface area (Å²) in [6, 6.07) is 1.09. The van der Waals surface area contributed by atoms with E-state index < -0.39 is 0 Å². The van der Waals surface area contributed by atoms with Crippen molar-refractivity contribution in [2.24, 2.45) is 10.7 Å². The fraction of sp³-hybridized carbons (Fsp3) is 0.900. The van der Waals surface area contributed by atoms with Crippen molar-refractivity contribution in [2.45, 2.75) is 32.9 Å². The number of nitrogens with two attached hydrogens (primary N) is 1. The average molecular weight is 198 g/mol. The molecule has 0 spiro atoms. The maximum absolute atomic E-state index is 5.89. The predicted octanol–water partition coefficient (Wildman–Crippen LogP) is 0.345. The Morgan fingerprint density at radius 2 is 1.86 bits per heavy atom. The van der Waals surface area contributed by atoms with Gasteiger partial charge in [-0.15, -0.1) is 0 Å². The normalized spacial score (nSPS) is 30.9. The SMILES string of the molecule is CCN=C(N)N1CC(C)N(C)C(C)C1. The van der Waals surface area contributed by atoms with E-state index in [4.69, 9.17) is 5.73 Å². The molecule has 1 aliphatic heterocycles. The van der Waals surface area contributed by atoms with Crippen molar-refractivity contribution in [1.29, 1.82) is 0 Å². The van der Waals surface area contributed by atoms with Crippen LogP contribution in [0.1, 0.15) is 20.8 Å². The number of hydrogen-bond acceptors (Lipinski definition) is 2. The minimum Gasteiger partial charge on any atom is -0.370 e. The van der Waals surface area contributed by atoms with Crippen molar-refractivity contribution >= 4 is 5.96 Å². The zero-order valence-electron chi connectivity index (χ0n) is 9.70. The largest absolute Gasteiger partial charge is 0.370 e. The zero-order chi connectivity index (χ0) is 10.7. The summed E-state index contributed by atoms with van der Waals surface area (Å²) in [6.07, 6.45) is 0. The van der Waals surface area contributed by atoms with Crippen LogP contribution in [0.2, 0.25) is 0 Å². The Balaban J connectivity index is 2.62. The zero-order valence-corrected chi connectivity index (χ0v) is 9.70. The molecule has 0 aromatic carbocycles. The van der Waals surface area contributed by atoms with E-state index >= 15 is 0 Å². The second-order valence-corrected chi connectivity index (χ2v) is 4.10. The Labute approximate surface area is 86.8 Å². The third-order valence-corrected chi connectivity index (χ3v) is 3.00. The maximum Gasteiger partial charge on any atom is 0.191 e. The molecule has 1 aliphatic rings. The van der Waals surface area contributed by atoms with E-state index in [0.717, 1.165) is 19.6 Å². The number of guanidine groups is 1. The lowest BCUT2D eigenvalue weighted by Gasteiger charge is -2.42. The molecule has 1 fully saturated rings. The first-order chi connectivity index (χ1) is 6.56. The number of piperazine rings is 1. The molecule has 2 N–H and O–H groups in total. The highest BCUT2D eigenvalue weighted by Gasteiger charge is 2.27. The highest BCUT2D eigenvalue weighted by molar-refractivity contribution is 5.78. The summed E-state index contributed by atoms with van der Waals surface area (Å²) in [5.74, 6) is 0.694. The Hall–Kier alpha value is -0.770. The highest BCUT2D eigenvalue weighted by Crippen LogP contribution is 2.12. The number of hydrogen-bond donors (Lipinski definition) is 1. The number of rotatable bonds is 1. The van der Waals surface area contributed by atoms with E-state index in [0.29, 0.717) is 18.0 Å². The van der Waals surface area contributed by atoms with Gasteiger partial charge in [-0.2, -0.15) is 0 Å². The van der Waals surface area contributed by atoms with Crippen molar-refractivity contribution in [3.8, 4) is 0 Å². The van der Waals surface area contributed by atoms with Crippen LogP contribution in [0.15, 0.2) is 4.99 Å². The van der Waals surface area contributed by atoms with Crippen LogP contribution in [0.3, 0.4) is 0 Å². The smallest absolute Gasteiger partial charge is 0.191 e. The molecular weight excluding hydrogens is 176 g/mol. The van der Waals surface area contributed by atoms with E-state index in [9.17, 15) is 0 Å². The number of likely N-dealkylation sites (N-methyl/N-ethyl adjacent to an activating group) is 1. The van der Waals surface area contributed by atoms with E-state index in [-0.39, 0.29) is 0 Å².